The predicted octanol–water partition coefficient (Wildman–Crippen LogP) is 4.11. The molecule has 2 amide bonds. The molecule has 6 nitrogen and oxygen atoms in total. The quantitative estimate of drug-likeness (QED) is 0.619. The first-order valence-electron chi connectivity index (χ1n) is 8.76. The van der Waals surface area contributed by atoms with Crippen molar-refractivity contribution in [2.75, 3.05) is 11.9 Å². The number of carbonyl (C=O) groups is 1. The van der Waals surface area contributed by atoms with Gasteiger partial charge in [-0.2, -0.15) is 5.26 Å². The minimum Gasteiger partial charge on any atom is -0.321 e. The van der Waals surface area contributed by atoms with E-state index in [-0.39, 0.29) is 6.03 Å². The number of benzene rings is 1. The molecule has 26 heavy (non-hydrogen) atoms. The number of amides is 2. The number of anilines is 1. The first-order valence-corrected chi connectivity index (χ1v) is 10.6. The Balaban J connectivity index is 1.31. The van der Waals surface area contributed by atoms with Crippen molar-refractivity contribution >= 4 is 34.3 Å². The highest BCUT2D eigenvalue weighted by molar-refractivity contribution is 8.00. The first-order chi connectivity index (χ1) is 12.7. The molecule has 0 bridgehead atoms. The second kappa shape index (κ2) is 7.64. The van der Waals surface area contributed by atoms with E-state index >= 15 is 0 Å². The monoisotopic (exact) mass is 385 g/mol. The number of nitrogens with one attached hydrogen (secondary N) is 1. The van der Waals surface area contributed by atoms with Gasteiger partial charge in [0.25, 0.3) is 0 Å². The molecule has 2 heterocycles. The smallest absolute Gasteiger partial charge is 0.321 e. The van der Waals surface area contributed by atoms with Gasteiger partial charge >= 0.3 is 6.03 Å². The summed E-state index contributed by atoms with van der Waals surface area (Å²) >= 11 is 2.98. The van der Waals surface area contributed by atoms with Gasteiger partial charge in [0.1, 0.15) is 0 Å². The summed E-state index contributed by atoms with van der Waals surface area (Å²) in [6, 6.07) is 10.0. The van der Waals surface area contributed by atoms with E-state index < -0.39 is 0 Å². The van der Waals surface area contributed by atoms with E-state index in [1.807, 2.05) is 29.2 Å². The summed E-state index contributed by atoms with van der Waals surface area (Å²) in [5.41, 5.74) is 1.78. The molecule has 134 valence electrons. The van der Waals surface area contributed by atoms with Gasteiger partial charge in [-0.15, -0.1) is 10.2 Å². The molecule has 2 aliphatic rings. The molecule has 1 aromatic carbocycles. The van der Waals surface area contributed by atoms with Crippen LogP contribution in [-0.2, 0) is 5.75 Å². The molecule has 1 aliphatic carbocycles. The minimum absolute atomic E-state index is 0.0424. The van der Waals surface area contributed by atoms with Gasteiger partial charge in [-0.25, -0.2) is 4.79 Å². The van der Waals surface area contributed by atoms with Crippen LogP contribution in [0, 0.1) is 17.2 Å². The average molecular weight is 386 g/mol. The molecule has 1 N–H and O–H groups in total. The van der Waals surface area contributed by atoms with Gasteiger partial charge in [0, 0.05) is 18.3 Å². The Bertz CT molecular complexity index is 825. The van der Waals surface area contributed by atoms with Crippen LogP contribution in [0.3, 0.4) is 0 Å². The SMILES string of the molecule is N#Cc1ccc(CSc2nnc(NC(=O)N3CCCC3C3CC3)s2)cc1. The van der Waals surface area contributed by atoms with Crippen molar-refractivity contribution in [2.24, 2.45) is 5.92 Å². The number of aromatic nitrogens is 2. The van der Waals surface area contributed by atoms with E-state index in [1.54, 1.807) is 11.8 Å². The summed E-state index contributed by atoms with van der Waals surface area (Å²) in [6.45, 7) is 0.839. The summed E-state index contributed by atoms with van der Waals surface area (Å²) in [5.74, 6) is 1.46. The Morgan fingerprint density at radius 1 is 1.31 bits per heavy atom. The van der Waals surface area contributed by atoms with Crippen LogP contribution in [-0.4, -0.2) is 33.7 Å². The lowest BCUT2D eigenvalue weighted by atomic mass is 10.1. The van der Waals surface area contributed by atoms with Crippen LogP contribution in [0.25, 0.3) is 0 Å². The van der Waals surface area contributed by atoms with Crippen LogP contribution in [0.1, 0.15) is 36.8 Å². The van der Waals surface area contributed by atoms with E-state index in [0.29, 0.717) is 22.7 Å². The number of nitrogens with zero attached hydrogens (tertiary/aromatic N) is 4. The number of hydrogen-bond donors (Lipinski definition) is 1. The molecule has 4 rings (SSSR count). The van der Waals surface area contributed by atoms with Crippen LogP contribution in [0.2, 0.25) is 0 Å². The number of likely N-dealkylation sites (tertiary alicyclic amines) is 1. The number of nitriles is 1. The molecule has 0 spiro atoms. The zero-order valence-corrected chi connectivity index (χ0v) is 15.9. The van der Waals surface area contributed by atoms with Gasteiger partial charge in [0.15, 0.2) is 4.34 Å². The fourth-order valence-electron chi connectivity index (χ4n) is 3.32. The molecule has 1 aliphatic heterocycles. The van der Waals surface area contributed by atoms with Crippen molar-refractivity contribution in [3.63, 3.8) is 0 Å². The topological polar surface area (TPSA) is 81.9 Å². The van der Waals surface area contributed by atoms with Crippen molar-refractivity contribution in [2.45, 2.75) is 41.8 Å². The van der Waals surface area contributed by atoms with Gasteiger partial charge in [0.2, 0.25) is 5.13 Å². The van der Waals surface area contributed by atoms with Gasteiger partial charge in [-0.05, 0) is 49.3 Å². The van der Waals surface area contributed by atoms with Gasteiger partial charge in [-0.1, -0.05) is 35.2 Å². The number of urea groups is 1. The molecule has 2 aromatic rings. The van der Waals surface area contributed by atoms with Crippen molar-refractivity contribution in [3.05, 3.63) is 35.4 Å². The Morgan fingerprint density at radius 3 is 2.85 bits per heavy atom. The number of thioether (sulfide) groups is 1. The van der Waals surface area contributed by atoms with E-state index in [4.69, 9.17) is 5.26 Å². The van der Waals surface area contributed by atoms with E-state index in [9.17, 15) is 4.79 Å². The Hall–Kier alpha value is -2.11. The fraction of sp³-hybridized carbons (Fsp3) is 0.444. The normalized spacial score (nSPS) is 19.3. The maximum absolute atomic E-state index is 12.5. The van der Waals surface area contributed by atoms with Gasteiger partial charge < -0.3 is 4.90 Å². The molecule has 1 unspecified atom stereocenters. The third-order valence-electron chi connectivity index (χ3n) is 4.79. The zero-order valence-electron chi connectivity index (χ0n) is 14.2. The van der Waals surface area contributed by atoms with Crippen LogP contribution >= 0.6 is 23.1 Å². The lowest BCUT2D eigenvalue weighted by Gasteiger charge is -2.24. The minimum atomic E-state index is -0.0424. The second-order valence-corrected chi connectivity index (χ2v) is 8.84. The molecule has 1 saturated heterocycles. The highest BCUT2D eigenvalue weighted by atomic mass is 32.2. The summed E-state index contributed by atoms with van der Waals surface area (Å²) in [4.78, 5) is 14.5. The summed E-state index contributed by atoms with van der Waals surface area (Å²) < 4.78 is 0.824. The Morgan fingerprint density at radius 2 is 2.12 bits per heavy atom. The molecular formula is C18H19N5OS2. The third kappa shape index (κ3) is 4.00. The van der Waals surface area contributed by atoms with Crippen LogP contribution in [0.5, 0.6) is 0 Å². The average Bonchev–Trinajstić information content (AvgIpc) is 3.21. The highest BCUT2D eigenvalue weighted by Gasteiger charge is 2.40. The zero-order chi connectivity index (χ0) is 17.9. The molecule has 8 heteroatoms. The lowest BCUT2D eigenvalue weighted by molar-refractivity contribution is 0.200. The van der Waals surface area contributed by atoms with Crippen molar-refractivity contribution < 1.29 is 4.79 Å². The van der Waals surface area contributed by atoms with E-state index in [2.05, 4.69) is 21.6 Å². The Kier molecular flexibility index (Phi) is 5.09. The third-order valence-corrected chi connectivity index (χ3v) is 6.84. The van der Waals surface area contributed by atoms with Gasteiger partial charge in [-0.3, -0.25) is 5.32 Å². The molecule has 1 aromatic heterocycles. The molecule has 1 atom stereocenters. The van der Waals surface area contributed by atoms with Gasteiger partial charge in [0.05, 0.1) is 11.6 Å². The molecule has 2 fully saturated rings. The van der Waals surface area contributed by atoms with Crippen molar-refractivity contribution in [1.82, 2.24) is 15.1 Å². The maximum atomic E-state index is 12.5. The number of carbonyl (C=O) groups excluding carboxylic acids is 1. The Labute approximate surface area is 160 Å². The molecule has 1 saturated carbocycles. The summed E-state index contributed by atoms with van der Waals surface area (Å²) in [7, 11) is 0. The van der Waals surface area contributed by atoms with Crippen LogP contribution in [0.4, 0.5) is 9.93 Å². The van der Waals surface area contributed by atoms with E-state index in [1.165, 1.54) is 24.2 Å². The highest BCUT2D eigenvalue weighted by Crippen LogP contribution is 2.40. The van der Waals surface area contributed by atoms with Crippen molar-refractivity contribution in [3.8, 4) is 6.07 Å². The second-order valence-electron chi connectivity index (χ2n) is 6.64. The van der Waals surface area contributed by atoms with Crippen LogP contribution in [0.15, 0.2) is 28.6 Å². The maximum Gasteiger partial charge on any atom is 0.323 e. The largest absolute Gasteiger partial charge is 0.323 e. The number of hydrogen-bond acceptors (Lipinski definition) is 6. The predicted molar refractivity (Wildman–Crippen MR) is 102 cm³/mol. The standard InChI is InChI=1S/C18H19N5OS2/c19-10-12-3-5-13(6-4-12)11-25-18-22-21-16(26-18)20-17(24)23-9-1-2-15(23)14-7-8-14/h3-6,14-15H,1-2,7-9,11H2,(H,20,21,24). The summed E-state index contributed by atoms with van der Waals surface area (Å²) in [6.07, 6.45) is 4.73. The van der Waals surface area contributed by atoms with Crippen LogP contribution < -0.4 is 5.32 Å². The van der Waals surface area contributed by atoms with E-state index in [0.717, 1.165) is 35.0 Å². The fourth-order valence-corrected chi connectivity index (χ4v) is 5.02. The number of rotatable bonds is 5. The lowest BCUT2D eigenvalue weighted by Crippen LogP contribution is -2.39. The summed E-state index contributed by atoms with van der Waals surface area (Å²) in [5, 5.41) is 20.6. The van der Waals surface area contributed by atoms with Crippen molar-refractivity contribution in [1.29, 1.82) is 5.26 Å². The molecular weight excluding hydrogens is 366 g/mol. The first kappa shape index (κ1) is 17.3. The molecule has 0 radical (unpaired) electrons.